The summed E-state index contributed by atoms with van der Waals surface area (Å²) in [5, 5.41) is 10.7. The van der Waals surface area contributed by atoms with Gasteiger partial charge in [0.15, 0.2) is 0 Å². The Morgan fingerprint density at radius 3 is 2.53 bits per heavy atom. The molecule has 0 saturated carbocycles. The van der Waals surface area contributed by atoms with Crippen molar-refractivity contribution < 1.29 is 10.0 Å². The maximum atomic E-state index is 11.5. The van der Waals surface area contributed by atoms with E-state index in [4.69, 9.17) is 11.0 Å². The highest BCUT2D eigenvalue weighted by Crippen LogP contribution is 2.18. The Morgan fingerprint density at radius 2 is 1.80 bits per heavy atom. The van der Waals surface area contributed by atoms with Gasteiger partial charge in [-0.1, -0.05) is 36.4 Å². The molecule has 4 nitrogen and oxygen atoms in total. The van der Waals surface area contributed by atoms with Crippen LogP contribution in [0.3, 0.4) is 0 Å². The molecule has 0 aliphatic carbocycles. The first-order chi connectivity index (χ1) is 7.20. The van der Waals surface area contributed by atoms with E-state index in [1.54, 1.807) is 12.1 Å². The Labute approximate surface area is 86.5 Å². The molecule has 0 aromatic heterocycles. The molecular formula is C11H10N2O2. The van der Waals surface area contributed by atoms with Crippen LogP contribution in [0.4, 0.5) is 0 Å². The lowest BCUT2D eigenvalue weighted by atomic mass is 10.0. The zero-order valence-electron chi connectivity index (χ0n) is 7.92. The minimum atomic E-state index is -0.619. The number of nitrogens with zero attached hydrogens (tertiary/aromatic N) is 1. The van der Waals surface area contributed by atoms with Crippen LogP contribution in [0.25, 0.3) is 10.8 Å². The topological polar surface area (TPSA) is 66.6 Å². The number of benzene rings is 2. The number of hydrazine groups is 1. The van der Waals surface area contributed by atoms with Crippen LogP contribution in [0.1, 0.15) is 10.4 Å². The van der Waals surface area contributed by atoms with E-state index in [0.717, 1.165) is 10.8 Å². The summed E-state index contributed by atoms with van der Waals surface area (Å²) < 4.78 is 0. The van der Waals surface area contributed by atoms with E-state index in [9.17, 15) is 4.79 Å². The van der Waals surface area contributed by atoms with Crippen molar-refractivity contribution in [3.63, 3.8) is 0 Å². The molecule has 4 heteroatoms. The smallest absolute Gasteiger partial charge is 0.270 e. The summed E-state index contributed by atoms with van der Waals surface area (Å²) in [5.41, 5.74) is 0.387. The molecule has 0 atom stereocenters. The zero-order valence-corrected chi connectivity index (χ0v) is 7.92. The second-order valence-corrected chi connectivity index (χ2v) is 3.18. The first-order valence-electron chi connectivity index (χ1n) is 4.46. The highest BCUT2D eigenvalue weighted by atomic mass is 16.5. The van der Waals surface area contributed by atoms with Gasteiger partial charge in [0.1, 0.15) is 0 Å². The number of hydrogen-bond acceptors (Lipinski definition) is 3. The predicted octanol–water partition coefficient (Wildman–Crippen LogP) is 1.54. The third kappa shape index (κ3) is 1.68. The van der Waals surface area contributed by atoms with Gasteiger partial charge in [-0.3, -0.25) is 10.0 Å². The second-order valence-electron chi connectivity index (χ2n) is 3.18. The van der Waals surface area contributed by atoms with Crippen molar-refractivity contribution >= 4 is 16.7 Å². The number of nitrogens with two attached hydrogens (primary N) is 1. The van der Waals surface area contributed by atoms with Crippen LogP contribution in [-0.2, 0) is 0 Å². The normalized spacial score (nSPS) is 10.3. The Morgan fingerprint density at radius 1 is 1.13 bits per heavy atom. The van der Waals surface area contributed by atoms with Crippen LogP contribution >= 0.6 is 0 Å². The lowest BCUT2D eigenvalue weighted by molar-refractivity contribution is -0.0593. The second kappa shape index (κ2) is 3.68. The third-order valence-corrected chi connectivity index (χ3v) is 2.23. The molecule has 0 unspecified atom stereocenters. The summed E-state index contributed by atoms with van der Waals surface area (Å²) in [5.74, 6) is 4.38. The zero-order chi connectivity index (χ0) is 10.8. The molecule has 0 aliphatic rings. The van der Waals surface area contributed by atoms with E-state index in [-0.39, 0.29) is 5.17 Å². The molecule has 2 aromatic rings. The number of fused-ring (bicyclic) bond motifs is 1. The number of hydrogen-bond donors (Lipinski definition) is 2. The van der Waals surface area contributed by atoms with Gasteiger partial charge in [0, 0.05) is 0 Å². The van der Waals surface area contributed by atoms with Crippen molar-refractivity contribution in [3.05, 3.63) is 48.0 Å². The summed E-state index contributed by atoms with van der Waals surface area (Å²) in [6.45, 7) is 0. The van der Waals surface area contributed by atoms with Gasteiger partial charge in [-0.15, -0.1) is 5.17 Å². The molecule has 0 aliphatic heterocycles. The summed E-state index contributed by atoms with van der Waals surface area (Å²) in [6, 6.07) is 12.7. The SMILES string of the molecule is NN(O)C(=O)c1cccc2ccccc12. The predicted molar refractivity (Wildman–Crippen MR) is 56.1 cm³/mol. The molecule has 0 saturated heterocycles. The molecule has 3 N–H and O–H groups in total. The summed E-state index contributed by atoms with van der Waals surface area (Å²) in [7, 11) is 0. The van der Waals surface area contributed by atoms with Crippen LogP contribution in [-0.4, -0.2) is 16.3 Å². The standard InChI is InChI=1S/C11H10N2O2/c12-13(15)11(14)10-7-3-5-8-4-1-2-6-9(8)10/h1-7,15H,12H2. The van der Waals surface area contributed by atoms with Gasteiger partial charge in [-0.05, 0) is 16.8 Å². The number of hydroxylamine groups is 1. The van der Waals surface area contributed by atoms with Crippen LogP contribution in [0.2, 0.25) is 0 Å². The summed E-state index contributed by atoms with van der Waals surface area (Å²) in [6.07, 6.45) is 0. The fourth-order valence-corrected chi connectivity index (χ4v) is 1.54. The van der Waals surface area contributed by atoms with E-state index >= 15 is 0 Å². The number of carbonyl (C=O) groups is 1. The van der Waals surface area contributed by atoms with Gasteiger partial charge in [0.25, 0.3) is 5.91 Å². The van der Waals surface area contributed by atoms with E-state index in [2.05, 4.69) is 0 Å². The molecule has 0 radical (unpaired) electrons. The lowest BCUT2D eigenvalue weighted by Gasteiger charge is -2.09. The minimum Gasteiger partial charge on any atom is -0.270 e. The molecule has 2 rings (SSSR count). The maximum Gasteiger partial charge on any atom is 0.292 e. The van der Waals surface area contributed by atoms with Crippen LogP contribution in [0.15, 0.2) is 42.5 Å². The monoisotopic (exact) mass is 202 g/mol. The summed E-state index contributed by atoms with van der Waals surface area (Å²) >= 11 is 0. The molecule has 0 spiro atoms. The Kier molecular flexibility index (Phi) is 2.37. The summed E-state index contributed by atoms with van der Waals surface area (Å²) in [4.78, 5) is 11.5. The van der Waals surface area contributed by atoms with Gasteiger partial charge in [0.05, 0.1) is 5.56 Å². The van der Waals surface area contributed by atoms with E-state index in [0.29, 0.717) is 5.56 Å². The van der Waals surface area contributed by atoms with E-state index < -0.39 is 5.91 Å². The highest BCUT2D eigenvalue weighted by molar-refractivity contribution is 6.06. The fourth-order valence-electron chi connectivity index (χ4n) is 1.54. The average molecular weight is 202 g/mol. The van der Waals surface area contributed by atoms with Crippen molar-refractivity contribution in [2.75, 3.05) is 0 Å². The number of rotatable bonds is 1. The molecule has 2 aromatic carbocycles. The molecule has 76 valence electrons. The Hall–Kier alpha value is -1.91. The van der Waals surface area contributed by atoms with E-state index in [1.807, 2.05) is 30.3 Å². The average Bonchev–Trinajstić information content (AvgIpc) is 2.27. The lowest BCUT2D eigenvalue weighted by Crippen LogP contribution is -2.33. The Bertz CT molecular complexity index is 503. The van der Waals surface area contributed by atoms with Crippen molar-refractivity contribution in [3.8, 4) is 0 Å². The van der Waals surface area contributed by atoms with Crippen molar-refractivity contribution in [1.82, 2.24) is 5.17 Å². The first kappa shape index (κ1) is 9.64. The van der Waals surface area contributed by atoms with Crippen LogP contribution in [0, 0.1) is 0 Å². The van der Waals surface area contributed by atoms with Crippen molar-refractivity contribution in [2.24, 2.45) is 5.84 Å². The highest BCUT2D eigenvalue weighted by Gasteiger charge is 2.12. The van der Waals surface area contributed by atoms with Gasteiger partial charge in [-0.25, -0.2) is 5.84 Å². The molecule has 1 amide bonds. The molecular weight excluding hydrogens is 192 g/mol. The number of carbonyl (C=O) groups excluding carboxylic acids is 1. The van der Waals surface area contributed by atoms with E-state index in [1.165, 1.54) is 0 Å². The molecule has 0 heterocycles. The molecule has 0 fully saturated rings. The van der Waals surface area contributed by atoms with Gasteiger partial charge >= 0.3 is 0 Å². The van der Waals surface area contributed by atoms with Gasteiger partial charge in [0.2, 0.25) is 0 Å². The van der Waals surface area contributed by atoms with Crippen LogP contribution in [0.5, 0.6) is 0 Å². The van der Waals surface area contributed by atoms with Crippen molar-refractivity contribution in [2.45, 2.75) is 0 Å². The number of amides is 1. The van der Waals surface area contributed by atoms with Gasteiger partial charge < -0.3 is 0 Å². The first-order valence-corrected chi connectivity index (χ1v) is 4.46. The quantitative estimate of drug-likeness (QED) is 0.319. The fraction of sp³-hybridized carbons (Fsp3) is 0. The minimum absolute atomic E-state index is 0.0990. The van der Waals surface area contributed by atoms with Crippen LogP contribution < -0.4 is 5.84 Å². The largest absolute Gasteiger partial charge is 0.292 e. The molecule has 0 bridgehead atoms. The molecule has 15 heavy (non-hydrogen) atoms. The van der Waals surface area contributed by atoms with Crippen molar-refractivity contribution in [1.29, 1.82) is 0 Å². The third-order valence-electron chi connectivity index (χ3n) is 2.23. The maximum absolute atomic E-state index is 11.5. The van der Waals surface area contributed by atoms with Gasteiger partial charge in [-0.2, -0.15) is 0 Å². The Balaban J connectivity index is 2.66.